The van der Waals surface area contributed by atoms with Crippen molar-refractivity contribution < 1.29 is 13.7 Å². The van der Waals surface area contributed by atoms with E-state index in [1.165, 1.54) is 12.1 Å². The molecular weight excluding hydrogens is 298 g/mol. The highest BCUT2D eigenvalue weighted by atomic mass is 31.0. The highest BCUT2D eigenvalue weighted by molar-refractivity contribution is 7.09. The predicted octanol–water partition coefficient (Wildman–Crippen LogP) is 4.12. The maximum absolute atomic E-state index is 13.7. The molecular formula is C18H16FO2P. The fourth-order valence-electron chi connectivity index (χ4n) is 3.16. The number of hydrogen-bond acceptors (Lipinski definition) is 2. The third kappa shape index (κ3) is 2.51. The summed E-state index contributed by atoms with van der Waals surface area (Å²) < 4.78 is 19.3. The number of carbonyl (C=O) groups is 1. The molecule has 0 bridgehead atoms. The van der Waals surface area contributed by atoms with Crippen molar-refractivity contribution >= 4 is 15.8 Å². The molecule has 1 aliphatic carbocycles. The second-order valence-corrected chi connectivity index (χ2v) is 5.72. The topological polar surface area (TPSA) is 26.3 Å². The van der Waals surface area contributed by atoms with Crippen molar-refractivity contribution in [2.24, 2.45) is 0 Å². The van der Waals surface area contributed by atoms with Gasteiger partial charge in [-0.1, -0.05) is 36.9 Å². The number of carbonyl (C=O) groups excluding carboxylic acids is 1. The van der Waals surface area contributed by atoms with Crippen LogP contribution in [-0.4, -0.2) is 6.29 Å². The van der Waals surface area contributed by atoms with Crippen LogP contribution < -0.4 is 0 Å². The number of aldehydes is 1. The Morgan fingerprint density at radius 3 is 2.68 bits per heavy atom. The molecule has 3 atom stereocenters. The highest BCUT2D eigenvalue weighted by Crippen LogP contribution is 2.45. The maximum atomic E-state index is 13.7. The molecule has 0 radical (unpaired) electrons. The third-order valence-corrected chi connectivity index (χ3v) is 4.48. The van der Waals surface area contributed by atoms with Crippen LogP contribution in [0.5, 0.6) is 0 Å². The van der Waals surface area contributed by atoms with E-state index in [1.54, 1.807) is 6.07 Å². The largest absolute Gasteiger partial charge is 0.357 e. The zero-order valence-corrected chi connectivity index (χ0v) is 13.1. The van der Waals surface area contributed by atoms with Crippen molar-refractivity contribution in [3.63, 3.8) is 0 Å². The van der Waals surface area contributed by atoms with Crippen molar-refractivity contribution in [2.45, 2.75) is 18.4 Å². The Hall–Kier alpha value is -1.83. The van der Waals surface area contributed by atoms with Crippen LogP contribution in [0.4, 0.5) is 4.39 Å². The monoisotopic (exact) mass is 314 g/mol. The van der Waals surface area contributed by atoms with Crippen LogP contribution in [0, 0.1) is 5.82 Å². The van der Waals surface area contributed by atoms with Gasteiger partial charge in [0.05, 0.1) is 6.10 Å². The van der Waals surface area contributed by atoms with Crippen LogP contribution in [0.15, 0.2) is 54.6 Å². The van der Waals surface area contributed by atoms with Gasteiger partial charge in [0.15, 0.2) is 0 Å². The average molecular weight is 314 g/mol. The molecule has 4 heteroatoms. The number of rotatable bonds is 3. The molecule has 0 fully saturated rings. The van der Waals surface area contributed by atoms with Gasteiger partial charge in [0, 0.05) is 15.4 Å². The Morgan fingerprint density at radius 1 is 1.23 bits per heavy atom. The van der Waals surface area contributed by atoms with Gasteiger partial charge in [0.2, 0.25) is 0 Å². The van der Waals surface area contributed by atoms with Crippen LogP contribution in [-0.2, 0) is 15.7 Å². The molecule has 0 aromatic heterocycles. The van der Waals surface area contributed by atoms with Crippen LogP contribution in [0.25, 0.3) is 0 Å². The number of benzene rings is 2. The van der Waals surface area contributed by atoms with Gasteiger partial charge >= 0.3 is 0 Å². The Kier molecular flexibility index (Phi) is 4.19. The van der Waals surface area contributed by atoms with Crippen molar-refractivity contribution in [1.82, 2.24) is 0 Å². The molecule has 1 unspecified atom stereocenters. The van der Waals surface area contributed by atoms with Gasteiger partial charge in [-0.2, -0.15) is 0 Å². The Bertz CT molecular complexity index is 742. The van der Waals surface area contributed by atoms with E-state index in [4.69, 9.17) is 4.52 Å². The standard InChI is InChI=1S/C18H16FO2P/c1-11(10-20)17-15-5-3-2-4-12(15)8-13-6-7-14(19)9-16(13)18(17)21-22/h2-7,9-10,17-18H,1,8,22H2/t17-,18+/m1/s1. The summed E-state index contributed by atoms with van der Waals surface area (Å²) in [6, 6.07) is 12.6. The zero-order valence-electron chi connectivity index (χ0n) is 12.0. The Labute approximate surface area is 131 Å². The average Bonchev–Trinajstić information content (AvgIpc) is 2.67. The third-order valence-electron chi connectivity index (χ3n) is 4.19. The summed E-state index contributed by atoms with van der Waals surface area (Å²) in [6.07, 6.45) is 0.971. The fraction of sp³-hybridized carbons (Fsp3) is 0.167. The summed E-state index contributed by atoms with van der Waals surface area (Å²) in [5.41, 5.74) is 4.30. The lowest BCUT2D eigenvalue weighted by atomic mass is 9.84. The van der Waals surface area contributed by atoms with Crippen LogP contribution in [0.3, 0.4) is 0 Å². The molecule has 0 saturated heterocycles. The van der Waals surface area contributed by atoms with Crippen molar-refractivity contribution in [3.8, 4) is 0 Å². The molecule has 2 nitrogen and oxygen atoms in total. The smallest absolute Gasteiger partial charge is 0.146 e. The van der Waals surface area contributed by atoms with Crippen molar-refractivity contribution in [1.29, 1.82) is 0 Å². The molecule has 2 aromatic carbocycles. The fourth-order valence-corrected chi connectivity index (χ4v) is 3.46. The normalized spacial score (nSPS) is 19.7. The lowest BCUT2D eigenvalue weighted by Gasteiger charge is -2.26. The minimum Gasteiger partial charge on any atom is -0.357 e. The van der Waals surface area contributed by atoms with Crippen LogP contribution >= 0.6 is 9.47 Å². The SMILES string of the molecule is C=C(C=O)[C@@H]1c2ccccc2Cc2ccc(F)cc2[C@@H]1OP. The first-order chi connectivity index (χ1) is 10.7. The van der Waals surface area contributed by atoms with E-state index in [0.29, 0.717) is 12.0 Å². The van der Waals surface area contributed by atoms with Gasteiger partial charge < -0.3 is 4.52 Å². The van der Waals surface area contributed by atoms with E-state index in [2.05, 4.69) is 16.0 Å². The van der Waals surface area contributed by atoms with Gasteiger partial charge in [-0.05, 0) is 46.4 Å². The quantitative estimate of drug-likeness (QED) is 0.484. The lowest BCUT2D eigenvalue weighted by Crippen LogP contribution is -2.15. The van der Waals surface area contributed by atoms with E-state index in [-0.39, 0.29) is 11.7 Å². The van der Waals surface area contributed by atoms with Gasteiger partial charge in [-0.25, -0.2) is 4.39 Å². The molecule has 0 aliphatic heterocycles. The van der Waals surface area contributed by atoms with E-state index in [1.807, 2.05) is 24.3 Å². The summed E-state index contributed by atoms with van der Waals surface area (Å²) in [4.78, 5) is 11.3. The van der Waals surface area contributed by atoms with E-state index in [9.17, 15) is 9.18 Å². The van der Waals surface area contributed by atoms with Gasteiger partial charge in [-0.3, -0.25) is 4.79 Å². The highest BCUT2D eigenvalue weighted by Gasteiger charge is 2.33. The van der Waals surface area contributed by atoms with Crippen LogP contribution in [0.1, 0.15) is 34.3 Å². The molecule has 0 saturated carbocycles. The van der Waals surface area contributed by atoms with Crippen molar-refractivity contribution in [2.75, 3.05) is 0 Å². The second-order valence-electron chi connectivity index (χ2n) is 5.45. The summed E-state index contributed by atoms with van der Waals surface area (Å²) in [6.45, 7) is 3.88. The summed E-state index contributed by atoms with van der Waals surface area (Å²) in [5.74, 6) is -0.638. The minimum absolute atomic E-state index is 0.313. The molecule has 22 heavy (non-hydrogen) atoms. The summed E-state index contributed by atoms with van der Waals surface area (Å²) in [7, 11) is 2.23. The zero-order chi connectivity index (χ0) is 15.7. The number of halogens is 1. The molecule has 1 aliphatic rings. The first-order valence-electron chi connectivity index (χ1n) is 7.01. The molecule has 2 aromatic rings. The number of hydrogen-bond donors (Lipinski definition) is 0. The Morgan fingerprint density at radius 2 is 1.95 bits per heavy atom. The summed E-state index contributed by atoms with van der Waals surface area (Å²) >= 11 is 0. The van der Waals surface area contributed by atoms with Gasteiger partial charge in [0.1, 0.15) is 12.1 Å². The predicted molar refractivity (Wildman–Crippen MR) is 87.1 cm³/mol. The lowest BCUT2D eigenvalue weighted by molar-refractivity contribution is -0.105. The molecule has 112 valence electrons. The van der Waals surface area contributed by atoms with Crippen LogP contribution in [0.2, 0.25) is 0 Å². The molecule has 0 N–H and O–H groups in total. The first kappa shape index (κ1) is 15.1. The first-order valence-corrected chi connectivity index (χ1v) is 7.48. The number of fused-ring (bicyclic) bond motifs is 2. The summed E-state index contributed by atoms with van der Waals surface area (Å²) in [5, 5.41) is 0. The second kappa shape index (κ2) is 6.12. The van der Waals surface area contributed by atoms with E-state index in [0.717, 1.165) is 28.5 Å². The minimum atomic E-state index is -0.461. The molecule has 0 heterocycles. The maximum Gasteiger partial charge on any atom is 0.146 e. The van der Waals surface area contributed by atoms with Gasteiger partial charge in [0.25, 0.3) is 0 Å². The molecule has 0 spiro atoms. The molecule has 0 amide bonds. The van der Waals surface area contributed by atoms with Crippen molar-refractivity contribution in [3.05, 3.63) is 82.7 Å². The van der Waals surface area contributed by atoms with E-state index < -0.39 is 6.10 Å². The Balaban J connectivity index is 2.27. The van der Waals surface area contributed by atoms with E-state index >= 15 is 0 Å². The van der Waals surface area contributed by atoms with Gasteiger partial charge in [-0.15, -0.1) is 0 Å². The molecule has 3 rings (SSSR count).